The second-order valence-corrected chi connectivity index (χ2v) is 7.60. The fourth-order valence-electron chi connectivity index (χ4n) is 3.93. The largest absolute Gasteiger partial charge is 0.497 e. The molecule has 0 saturated carbocycles. The van der Waals surface area contributed by atoms with Crippen molar-refractivity contribution < 1.29 is 23.6 Å². The minimum Gasteiger partial charge on any atom is -0.497 e. The van der Waals surface area contributed by atoms with Gasteiger partial charge in [0, 0.05) is 18.5 Å². The predicted molar refractivity (Wildman–Crippen MR) is 109 cm³/mol. The zero-order valence-corrected chi connectivity index (χ0v) is 17.2. The van der Waals surface area contributed by atoms with E-state index in [4.69, 9.17) is 9.26 Å². The Bertz CT molecular complexity index is 972. The molecule has 2 heterocycles. The van der Waals surface area contributed by atoms with Crippen LogP contribution in [0.15, 0.2) is 40.9 Å². The third-order valence-electron chi connectivity index (χ3n) is 5.64. The molecule has 1 aliphatic heterocycles. The Morgan fingerprint density at radius 2 is 1.84 bits per heavy atom. The summed E-state index contributed by atoms with van der Waals surface area (Å²) in [5.41, 5.74) is 0.776. The van der Waals surface area contributed by atoms with Crippen molar-refractivity contribution in [3.63, 3.8) is 0 Å². The number of benzene rings is 1. The summed E-state index contributed by atoms with van der Waals surface area (Å²) in [7, 11) is 1.59. The molecular weight excluding hydrogens is 400 g/mol. The van der Waals surface area contributed by atoms with Gasteiger partial charge >= 0.3 is 0 Å². The Labute approximate surface area is 179 Å². The van der Waals surface area contributed by atoms with E-state index in [1.807, 2.05) is 24.3 Å². The lowest BCUT2D eigenvalue weighted by Gasteiger charge is -2.14. The standard InChI is InChI=1S/C22H24N4O5/c1-30-15-10-8-14(9-11-15)20-24-19(31-25-20)13-23-18(27)7-4-12-26-21(28)16-5-2-3-6-17(16)22(26)29/h2-3,8-11,16-17H,4-7,12-13H2,1H3,(H,23,27)/t16-,17+. The van der Waals surface area contributed by atoms with Gasteiger partial charge in [-0.05, 0) is 43.5 Å². The fraction of sp³-hybridized carbons (Fsp3) is 0.409. The number of imide groups is 1. The van der Waals surface area contributed by atoms with Gasteiger partial charge in [-0.2, -0.15) is 4.98 Å². The summed E-state index contributed by atoms with van der Waals surface area (Å²) < 4.78 is 10.3. The lowest BCUT2D eigenvalue weighted by Crippen LogP contribution is -2.33. The number of likely N-dealkylation sites (tertiary alicyclic amines) is 1. The van der Waals surface area contributed by atoms with Crippen LogP contribution in [-0.4, -0.2) is 46.4 Å². The number of allylic oxidation sites excluding steroid dienone is 2. The Kier molecular flexibility index (Phi) is 6.11. The van der Waals surface area contributed by atoms with Crippen LogP contribution in [0.2, 0.25) is 0 Å². The van der Waals surface area contributed by atoms with Crippen LogP contribution in [0.25, 0.3) is 11.4 Å². The first-order valence-electron chi connectivity index (χ1n) is 10.3. The molecule has 2 aliphatic rings. The van der Waals surface area contributed by atoms with Crippen molar-refractivity contribution in [1.29, 1.82) is 0 Å². The topological polar surface area (TPSA) is 115 Å². The van der Waals surface area contributed by atoms with Crippen molar-refractivity contribution in [3.8, 4) is 17.1 Å². The van der Waals surface area contributed by atoms with Gasteiger partial charge in [0.25, 0.3) is 0 Å². The van der Waals surface area contributed by atoms with Gasteiger partial charge in [-0.1, -0.05) is 17.3 Å². The second-order valence-electron chi connectivity index (χ2n) is 7.60. The molecular formula is C22H24N4O5. The first kappa shape index (κ1) is 20.8. The summed E-state index contributed by atoms with van der Waals surface area (Å²) in [6.45, 7) is 0.375. The molecule has 0 bridgehead atoms. The van der Waals surface area contributed by atoms with E-state index in [0.29, 0.717) is 31.0 Å². The van der Waals surface area contributed by atoms with Gasteiger partial charge in [0.05, 0.1) is 25.5 Å². The van der Waals surface area contributed by atoms with Crippen molar-refractivity contribution in [1.82, 2.24) is 20.4 Å². The summed E-state index contributed by atoms with van der Waals surface area (Å²) in [6, 6.07) is 7.24. The highest BCUT2D eigenvalue weighted by atomic mass is 16.5. The highest BCUT2D eigenvalue weighted by Gasteiger charge is 2.46. The lowest BCUT2D eigenvalue weighted by atomic mass is 9.85. The minimum atomic E-state index is -0.233. The number of nitrogens with one attached hydrogen (secondary N) is 1. The number of hydrogen-bond acceptors (Lipinski definition) is 7. The molecule has 9 nitrogen and oxygen atoms in total. The van der Waals surface area contributed by atoms with Crippen LogP contribution in [0.4, 0.5) is 0 Å². The van der Waals surface area contributed by atoms with E-state index in [1.165, 1.54) is 4.90 Å². The van der Waals surface area contributed by atoms with E-state index in [1.54, 1.807) is 19.2 Å². The average Bonchev–Trinajstić information content (AvgIpc) is 3.37. The Morgan fingerprint density at radius 1 is 1.16 bits per heavy atom. The van der Waals surface area contributed by atoms with E-state index < -0.39 is 0 Å². The number of aromatic nitrogens is 2. The van der Waals surface area contributed by atoms with Crippen LogP contribution in [0.1, 0.15) is 31.6 Å². The quantitative estimate of drug-likeness (QED) is 0.510. The molecule has 0 spiro atoms. The number of methoxy groups -OCH3 is 1. The molecule has 1 aromatic heterocycles. The molecule has 2 aromatic rings. The smallest absolute Gasteiger partial charge is 0.246 e. The zero-order valence-electron chi connectivity index (χ0n) is 17.2. The van der Waals surface area contributed by atoms with E-state index in [0.717, 1.165) is 11.3 Å². The van der Waals surface area contributed by atoms with E-state index in [9.17, 15) is 14.4 Å². The van der Waals surface area contributed by atoms with Crippen molar-refractivity contribution in [2.75, 3.05) is 13.7 Å². The van der Waals surface area contributed by atoms with Crippen LogP contribution in [0.5, 0.6) is 5.75 Å². The maximum Gasteiger partial charge on any atom is 0.246 e. The zero-order chi connectivity index (χ0) is 21.8. The molecule has 1 fully saturated rings. The van der Waals surface area contributed by atoms with Crippen LogP contribution in [0.3, 0.4) is 0 Å². The molecule has 162 valence electrons. The Balaban J connectivity index is 1.22. The fourth-order valence-corrected chi connectivity index (χ4v) is 3.93. The molecule has 1 N–H and O–H groups in total. The molecule has 3 amide bonds. The normalized spacial score (nSPS) is 20.1. The maximum atomic E-state index is 12.4. The van der Waals surface area contributed by atoms with Crippen molar-refractivity contribution >= 4 is 17.7 Å². The molecule has 2 atom stereocenters. The monoisotopic (exact) mass is 424 g/mol. The Morgan fingerprint density at radius 3 is 2.48 bits per heavy atom. The van der Waals surface area contributed by atoms with Crippen LogP contribution in [0, 0.1) is 11.8 Å². The van der Waals surface area contributed by atoms with Gasteiger partial charge in [-0.3, -0.25) is 19.3 Å². The molecule has 31 heavy (non-hydrogen) atoms. The predicted octanol–water partition coefficient (Wildman–Crippen LogP) is 2.09. The van der Waals surface area contributed by atoms with E-state index in [-0.39, 0.29) is 49.1 Å². The van der Waals surface area contributed by atoms with Gasteiger partial charge in [-0.15, -0.1) is 0 Å². The number of carbonyl (C=O) groups is 3. The summed E-state index contributed by atoms with van der Waals surface area (Å²) >= 11 is 0. The summed E-state index contributed by atoms with van der Waals surface area (Å²) in [4.78, 5) is 42.6. The number of hydrogen-bond donors (Lipinski definition) is 1. The number of nitrogens with zero attached hydrogens (tertiary/aromatic N) is 3. The molecule has 1 aliphatic carbocycles. The molecule has 1 aromatic carbocycles. The van der Waals surface area contributed by atoms with Gasteiger partial charge in [-0.25, -0.2) is 0 Å². The number of carbonyl (C=O) groups excluding carboxylic acids is 3. The lowest BCUT2D eigenvalue weighted by molar-refractivity contribution is -0.140. The van der Waals surface area contributed by atoms with Crippen LogP contribution in [-0.2, 0) is 20.9 Å². The number of fused-ring (bicyclic) bond motifs is 1. The maximum absolute atomic E-state index is 12.4. The van der Waals surface area contributed by atoms with Crippen LogP contribution >= 0.6 is 0 Å². The highest BCUT2D eigenvalue weighted by Crippen LogP contribution is 2.35. The summed E-state index contributed by atoms with van der Waals surface area (Å²) in [5, 5.41) is 6.65. The van der Waals surface area contributed by atoms with Crippen molar-refractivity contribution in [2.45, 2.75) is 32.2 Å². The number of rotatable bonds is 8. The SMILES string of the molecule is COc1ccc(-c2noc(CNC(=O)CCCN3C(=O)[C@H]4CC=CC[C@H]4C3=O)n2)cc1. The van der Waals surface area contributed by atoms with Crippen molar-refractivity contribution in [2.24, 2.45) is 11.8 Å². The first-order chi connectivity index (χ1) is 15.1. The minimum absolute atomic E-state index is 0.110. The molecule has 0 radical (unpaired) electrons. The highest BCUT2D eigenvalue weighted by molar-refractivity contribution is 6.05. The second kappa shape index (κ2) is 9.11. The van der Waals surface area contributed by atoms with Gasteiger partial charge in [0.2, 0.25) is 29.4 Å². The van der Waals surface area contributed by atoms with E-state index >= 15 is 0 Å². The molecule has 0 unspecified atom stereocenters. The van der Waals surface area contributed by atoms with Crippen LogP contribution < -0.4 is 10.1 Å². The van der Waals surface area contributed by atoms with Gasteiger partial charge < -0.3 is 14.6 Å². The third kappa shape index (κ3) is 4.50. The van der Waals surface area contributed by atoms with E-state index in [2.05, 4.69) is 15.5 Å². The number of amides is 3. The molecule has 4 rings (SSSR count). The number of ether oxygens (including phenoxy) is 1. The third-order valence-corrected chi connectivity index (χ3v) is 5.64. The molecule has 1 saturated heterocycles. The Hall–Kier alpha value is -3.49. The first-order valence-corrected chi connectivity index (χ1v) is 10.3. The summed E-state index contributed by atoms with van der Waals surface area (Å²) in [5.74, 6) is 0.547. The summed E-state index contributed by atoms with van der Waals surface area (Å²) in [6.07, 6.45) is 5.77. The molecule has 9 heteroatoms. The van der Waals surface area contributed by atoms with Crippen molar-refractivity contribution in [3.05, 3.63) is 42.3 Å². The average molecular weight is 424 g/mol. The van der Waals surface area contributed by atoms with Gasteiger partial charge in [0.1, 0.15) is 5.75 Å². The van der Waals surface area contributed by atoms with Gasteiger partial charge in [0.15, 0.2) is 0 Å².